The summed E-state index contributed by atoms with van der Waals surface area (Å²) in [6, 6.07) is 1.60. The van der Waals surface area contributed by atoms with Crippen LogP contribution in [0.2, 0.25) is 0 Å². The maximum Gasteiger partial charge on any atom is 0.220 e. The predicted molar refractivity (Wildman–Crippen MR) is 100 cm³/mol. The van der Waals surface area contributed by atoms with Gasteiger partial charge in [0.25, 0.3) is 0 Å². The molecule has 0 fully saturated rings. The lowest BCUT2D eigenvalue weighted by Crippen LogP contribution is -2.26. The first-order valence-electron chi connectivity index (χ1n) is 8.88. The third-order valence-corrected chi connectivity index (χ3v) is 7.13. The average Bonchev–Trinajstić information content (AvgIpc) is 2.99. The molecular formula is C19H24N2O5S. The monoisotopic (exact) mass is 392 g/mol. The van der Waals surface area contributed by atoms with E-state index in [2.05, 4.69) is 5.10 Å². The van der Waals surface area contributed by atoms with Crippen LogP contribution in [0.1, 0.15) is 51.9 Å². The summed E-state index contributed by atoms with van der Waals surface area (Å²) in [6.45, 7) is 6.11. The zero-order valence-electron chi connectivity index (χ0n) is 15.9. The van der Waals surface area contributed by atoms with Crippen molar-refractivity contribution in [2.75, 3.05) is 19.5 Å². The van der Waals surface area contributed by atoms with Crippen molar-refractivity contribution in [3.63, 3.8) is 0 Å². The quantitative estimate of drug-likeness (QED) is 0.785. The van der Waals surface area contributed by atoms with Crippen molar-refractivity contribution in [3.8, 4) is 5.88 Å². The number of aromatic nitrogens is 2. The van der Waals surface area contributed by atoms with Crippen molar-refractivity contribution in [2.45, 2.75) is 44.6 Å². The van der Waals surface area contributed by atoms with E-state index in [1.54, 1.807) is 27.0 Å². The van der Waals surface area contributed by atoms with Gasteiger partial charge in [0.05, 0.1) is 23.5 Å². The summed E-state index contributed by atoms with van der Waals surface area (Å²) in [5.41, 5.74) is 2.32. The summed E-state index contributed by atoms with van der Waals surface area (Å²) in [7, 11) is -1.81. The number of aromatic hydroxyl groups is 1. The van der Waals surface area contributed by atoms with E-state index in [0.29, 0.717) is 46.7 Å². The minimum Gasteiger partial charge on any atom is -0.493 e. The third-order valence-electron chi connectivity index (χ3n) is 5.19. The highest BCUT2D eigenvalue weighted by molar-refractivity contribution is 7.91. The number of hydrogen-bond donors (Lipinski definition) is 1. The minimum atomic E-state index is -3.39. The largest absolute Gasteiger partial charge is 0.493 e. The summed E-state index contributed by atoms with van der Waals surface area (Å²) in [6.07, 6.45) is 1.80. The number of sulfone groups is 1. The molecule has 0 spiro atoms. The fraction of sp³-hybridized carbons (Fsp3) is 0.474. The molecular weight excluding hydrogens is 368 g/mol. The van der Waals surface area contributed by atoms with E-state index in [4.69, 9.17) is 4.74 Å². The van der Waals surface area contributed by atoms with Gasteiger partial charge in [-0.1, -0.05) is 0 Å². The van der Waals surface area contributed by atoms with E-state index in [0.717, 1.165) is 0 Å². The summed E-state index contributed by atoms with van der Waals surface area (Å²) < 4.78 is 32.0. The Bertz CT molecular complexity index is 1010. The molecule has 2 heterocycles. The van der Waals surface area contributed by atoms with Crippen molar-refractivity contribution in [1.29, 1.82) is 0 Å². The van der Waals surface area contributed by atoms with Gasteiger partial charge in [0.1, 0.15) is 5.56 Å². The molecule has 8 heteroatoms. The Morgan fingerprint density at radius 2 is 2.07 bits per heavy atom. The van der Waals surface area contributed by atoms with Crippen molar-refractivity contribution in [1.82, 2.24) is 9.78 Å². The van der Waals surface area contributed by atoms with Gasteiger partial charge in [0.15, 0.2) is 15.6 Å². The first kappa shape index (κ1) is 19.6. The van der Waals surface area contributed by atoms with E-state index >= 15 is 0 Å². The lowest BCUT2D eigenvalue weighted by Gasteiger charge is -2.29. The molecule has 1 unspecified atom stereocenters. The maximum absolute atomic E-state index is 13.1. The van der Waals surface area contributed by atoms with Crippen LogP contribution in [0.3, 0.4) is 0 Å². The summed E-state index contributed by atoms with van der Waals surface area (Å²) >= 11 is 0. The standard InChI is InChI=1S/C19H24N2O5S/c1-5-21-19(23)15(9-20-21)17(22)14-8-11(2)18-16(12(14)3)13(10-26-4)6-7-27(18,24)25/h8-9,13,23H,5-7,10H2,1-4H3. The fourth-order valence-corrected chi connectivity index (χ4v) is 5.89. The van der Waals surface area contributed by atoms with E-state index in [1.807, 2.05) is 6.92 Å². The topological polar surface area (TPSA) is 98.5 Å². The van der Waals surface area contributed by atoms with Crippen LogP contribution in [-0.4, -0.2) is 48.6 Å². The van der Waals surface area contributed by atoms with Crippen LogP contribution in [0.15, 0.2) is 17.2 Å². The Balaban J connectivity index is 2.22. The highest BCUT2D eigenvalue weighted by Gasteiger charge is 2.35. The van der Waals surface area contributed by atoms with Gasteiger partial charge < -0.3 is 9.84 Å². The van der Waals surface area contributed by atoms with Crippen LogP contribution in [0.5, 0.6) is 5.88 Å². The first-order chi connectivity index (χ1) is 12.7. The Hall–Kier alpha value is -2.19. The molecule has 0 saturated carbocycles. The number of ketones is 1. The van der Waals surface area contributed by atoms with Crippen molar-refractivity contribution >= 4 is 15.6 Å². The summed E-state index contributed by atoms with van der Waals surface area (Å²) in [5, 5.41) is 14.3. The number of aryl methyl sites for hydroxylation is 2. The number of benzene rings is 1. The van der Waals surface area contributed by atoms with Crippen LogP contribution in [0, 0.1) is 13.8 Å². The second-order valence-electron chi connectivity index (χ2n) is 6.90. The van der Waals surface area contributed by atoms with Crippen molar-refractivity contribution in [3.05, 3.63) is 40.1 Å². The maximum atomic E-state index is 13.1. The number of methoxy groups -OCH3 is 1. The fourth-order valence-electron chi connectivity index (χ4n) is 3.89. The minimum absolute atomic E-state index is 0.0751. The van der Waals surface area contributed by atoms with Gasteiger partial charge in [-0.2, -0.15) is 5.10 Å². The van der Waals surface area contributed by atoms with Crippen LogP contribution < -0.4 is 0 Å². The van der Waals surface area contributed by atoms with E-state index < -0.39 is 9.84 Å². The molecule has 0 aliphatic carbocycles. The Labute approximate surface area is 158 Å². The van der Waals surface area contributed by atoms with Gasteiger partial charge in [0.2, 0.25) is 5.88 Å². The zero-order chi connectivity index (χ0) is 19.9. The summed E-state index contributed by atoms with van der Waals surface area (Å²) in [4.78, 5) is 13.4. The SMILES string of the molecule is CCn1ncc(C(=O)c2cc(C)c3c(c2C)C(COC)CCS3(=O)=O)c1O. The van der Waals surface area contributed by atoms with Gasteiger partial charge in [-0.25, -0.2) is 13.1 Å². The Morgan fingerprint density at radius 3 is 2.67 bits per heavy atom. The summed E-state index contributed by atoms with van der Waals surface area (Å²) in [5.74, 6) is -0.564. The lowest BCUT2D eigenvalue weighted by atomic mass is 9.86. The van der Waals surface area contributed by atoms with Crippen LogP contribution >= 0.6 is 0 Å². The van der Waals surface area contributed by atoms with Crippen LogP contribution in [-0.2, 0) is 21.1 Å². The molecule has 1 aromatic heterocycles. The molecule has 1 aliphatic rings. The molecule has 3 rings (SSSR count). The normalized spacial score (nSPS) is 18.3. The van der Waals surface area contributed by atoms with Crippen molar-refractivity contribution < 1.29 is 23.1 Å². The number of fused-ring (bicyclic) bond motifs is 1. The van der Waals surface area contributed by atoms with Gasteiger partial charge in [-0.05, 0) is 49.9 Å². The number of carbonyl (C=O) groups excluding carboxylic acids is 1. The Morgan fingerprint density at radius 1 is 1.37 bits per heavy atom. The number of hydrogen-bond acceptors (Lipinski definition) is 6. The first-order valence-corrected chi connectivity index (χ1v) is 10.5. The second kappa shape index (κ2) is 7.09. The van der Waals surface area contributed by atoms with E-state index in [1.165, 1.54) is 10.9 Å². The molecule has 0 amide bonds. The van der Waals surface area contributed by atoms with Crippen LogP contribution in [0.4, 0.5) is 0 Å². The van der Waals surface area contributed by atoms with Crippen molar-refractivity contribution in [2.24, 2.45) is 0 Å². The number of nitrogens with zero attached hydrogens (tertiary/aromatic N) is 2. The molecule has 0 bridgehead atoms. The second-order valence-corrected chi connectivity index (χ2v) is 8.94. The number of carbonyl (C=O) groups is 1. The van der Waals surface area contributed by atoms with Gasteiger partial charge in [-0.15, -0.1) is 0 Å². The third kappa shape index (κ3) is 3.17. The molecule has 27 heavy (non-hydrogen) atoms. The molecule has 1 aromatic carbocycles. The Kier molecular flexibility index (Phi) is 5.14. The highest BCUT2D eigenvalue weighted by Crippen LogP contribution is 2.40. The van der Waals surface area contributed by atoms with Gasteiger partial charge in [0, 0.05) is 25.1 Å². The molecule has 1 aliphatic heterocycles. The average molecular weight is 392 g/mol. The highest BCUT2D eigenvalue weighted by atomic mass is 32.2. The lowest BCUT2D eigenvalue weighted by molar-refractivity contribution is 0.103. The van der Waals surface area contributed by atoms with Gasteiger partial charge in [-0.3, -0.25) is 4.79 Å². The molecule has 1 N–H and O–H groups in total. The van der Waals surface area contributed by atoms with Gasteiger partial charge >= 0.3 is 0 Å². The zero-order valence-corrected chi connectivity index (χ0v) is 16.8. The number of ether oxygens (including phenoxy) is 1. The molecule has 146 valence electrons. The smallest absolute Gasteiger partial charge is 0.220 e. The molecule has 0 saturated heterocycles. The molecule has 7 nitrogen and oxygen atoms in total. The molecule has 2 aromatic rings. The molecule has 1 atom stereocenters. The van der Waals surface area contributed by atoms with Crippen LogP contribution in [0.25, 0.3) is 0 Å². The molecule has 0 radical (unpaired) electrons. The van der Waals surface area contributed by atoms with E-state index in [-0.39, 0.29) is 28.9 Å². The predicted octanol–water partition coefficient (Wildman–Crippen LogP) is 2.36. The number of rotatable bonds is 5. The van der Waals surface area contributed by atoms with E-state index in [9.17, 15) is 18.3 Å².